The van der Waals surface area contributed by atoms with Crippen LogP contribution in [0.2, 0.25) is 0 Å². The van der Waals surface area contributed by atoms with Gasteiger partial charge in [0.15, 0.2) is 17.8 Å². The first-order chi connectivity index (χ1) is 39.6. The van der Waals surface area contributed by atoms with E-state index >= 15 is 9.59 Å². The van der Waals surface area contributed by atoms with Gasteiger partial charge < -0.3 is 38.7 Å². The van der Waals surface area contributed by atoms with Crippen molar-refractivity contribution in [3.8, 4) is 5.75 Å². The largest absolute Gasteiger partial charge is 0.482 e. The van der Waals surface area contributed by atoms with Crippen molar-refractivity contribution in [1.29, 1.82) is 0 Å². The van der Waals surface area contributed by atoms with Gasteiger partial charge in [0.25, 0.3) is 0 Å². The Labute approximate surface area is 476 Å². The molecule has 0 saturated heterocycles. The molecule has 0 amide bonds. The number of carbonyl (C=O) groups excluding carboxylic acids is 2. The smallest absolute Gasteiger partial charge is 0.340 e. The third kappa shape index (κ3) is 9.17. The second-order valence-electron chi connectivity index (χ2n) is 25.5. The first-order valence-electron chi connectivity index (χ1n) is 30.8. The van der Waals surface area contributed by atoms with Crippen LogP contribution in [0.5, 0.6) is 5.75 Å². The van der Waals surface area contributed by atoms with Crippen LogP contribution in [0.15, 0.2) is 111 Å². The molecular weight excluding hydrogens is 1020 g/mol. The summed E-state index contributed by atoms with van der Waals surface area (Å²) in [6, 6.07) is 28.6. The minimum absolute atomic E-state index is 0.000303. The summed E-state index contributed by atoms with van der Waals surface area (Å²) in [6.07, 6.45) is 18.7. The number of hydrogen-bond acceptors (Lipinski definition) is 11. The van der Waals surface area contributed by atoms with Gasteiger partial charge in [0.05, 0.1) is 25.4 Å². The number of methoxy groups -OCH3 is 1. The summed E-state index contributed by atoms with van der Waals surface area (Å²) < 4.78 is 33.6. The second-order valence-corrected chi connectivity index (χ2v) is 25.5. The van der Waals surface area contributed by atoms with Crippen molar-refractivity contribution < 1.29 is 48.3 Å². The lowest BCUT2D eigenvalue weighted by atomic mass is 9.46. The number of aliphatic hydroxyl groups excluding tert-OH is 3. The number of fused-ring (bicyclic) bond motifs is 15. The van der Waals surface area contributed by atoms with Crippen LogP contribution >= 0.6 is 0 Å². The molecule has 81 heavy (non-hydrogen) atoms. The summed E-state index contributed by atoms with van der Waals surface area (Å²) in [5.41, 5.74) is 9.49. The molecule has 3 N–H and O–H groups in total. The third-order valence-corrected chi connectivity index (χ3v) is 21.6. The maximum Gasteiger partial charge on any atom is 0.340 e. The molecule has 9 aliphatic rings. The summed E-state index contributed by atoms with van der Waals surface area (Å²) >= 11 is 0. The fraction of sp³-hybridized carbons (Fsp3) is 0.529. The van der Waals surface area contributed by atoms with E-state index in [4.69, 9.17) is 23.4 Å². The van der Waals surface area contributed by atoms with E-state index in [9.17, 15) is 20.1 Å². The molecule has 4 heterocycles. The minimum atomic E-state index is -1.28. The van der Waals surface area contributed by atoms with E-state index in [1.165, 1.54) is 61.5 Å². The Bertz CT molecular complexity index is 3320. The molecular formula is C70H80O11. The number of aryl methyl sites for hydroxylation is 2. The van der Waals surface area contributed by atoms with E-state index in [-0.39, 0.29) is 84.4 Å². The Morgan fingerprint density at radius 3 is 2.36 bits per heavy atom. The predicted molar refractivity (Wildman–Crippen MR) is 309 cm³/mol. The van der Waals surface area contributed by atoms with Gasteiger partial charge in [-0.1, -0.05) is 105 Å². The Kier molecular flexibility index (Phi) is 15.0. The van der Waals surface area contributed by atoms with Gasteiger partial charge in [-0.15, -0.1) is 0 Å². The highest BCUT2D eigenvalue weighted by molar-refractivity contribution is 5.90. The van der Waals surface area contributed by atoms with E-state index < -0.39 is 47.9 Å². The number of carbonyl (C=O) groups is 2. The fourth-order valence-electron chi connectivity index (χ4n) is 18.1. The lowest BCUT2D eigenvalue weighted by Gasteiger charge is -2.57. The SMILES string of the molecule is COC[C@@H](CCO)c1c(CO)c2ccc3c(c2oc1=O)[C@H]1OC(=O)C[C@@H]2C[C@@H](c4cccc5c4CC[C@@H]4CCC[C@H]6CCc7ccccc7[C@]564)C=C[C@H]2c2ccc(cc2)CC/C(=C(\C)CO)C(=O)O[C@@H]1[C@@]1(CCC[C@@H]2CCCC[C@@H]21)O3. The average Bonchev–Trinajstić information content (AvgIpc) is 2.61. The van der Waals surface area contributed by atoms with Gasteiger partial charge in [-0.05, 0) is 183 Å². The number of rotatable bonds is 8. The highest BCUT2D eigenvalue weighted by Gasteiger charge is 2.62. The van der Waals surface area contributed by atoms with Crippen molar-refractivity contribution in [2.24, 2.45) is 29.6 Å². The molecule has 0 unspecified atom stereocenters. The van der Waals surface area contributed by atoms with E-state index in [1.807, 2.05) is 6.07 Å². The molecule has 11 nitrogen and oxygen atoms in total. The first-order valence-corrected chi connectivity index (χ1v) is 30.8. The molecule has 426 valence electrons. The van der Waals surface area contributed by atoms with Crippen LogP contribution < -0.4 is 10.4 Å². The third-order valence-electron chi connectivity index (χ3n) is 21.6. The summed E-state index contributed by atoms with van der Waals surface area (Å²) in [6.45, 7) is 0.777. The molecule has 0 radical (unpaired) electrons. The standard InChI is InChI=1S/C70H80O11/c1-41(38-72)51-28-21-42-19-22-43(23-20-42)52-29-25-46(53-15-8-18-59-54(53)30-27-50-14-7-13-49-26-24-45-11-4-6-17-58(45)70(49,50)59)36-48(52)37-61(74)78-65-63-60(81-69(66(65)80-67(51)75)34-9-12-44-10-3-5-16-57(44)69)32-31-55-56(39-73)62(68(76)79-64(55)63)47(33-35-71)40-77-2/h4,6,8,11,15,17-20,22-23,25,29,31-32,44,46-50,52,57,65-66,71-73H,3,5,7,9-10,12-14,16,21,24,26-28,30,33-40H2,1-2H3/b51-41-/t44-,46-,47+,48-,49-,50-,52-,57-,65+,66-,69-,70-/m0/s1. The molecule has 12 atom stereocenters. The van der Waals surface area contributed by atoms with Crippen molar-refractivity contribution in [1.82, 2.24) is 0 Å². The van der Waals surface area contributed by atoms with Crippen LogP contribution in [0.25, 0.3) is 11.0 Å². The Morgan fingerprint density at radius 1 is 0.765 bits per heavy atom. The predicted octanol–water partition coefficient (Wildman–Crippen LogP) is 12.4. The quantitative estimate of drug-likeness (QED) is 0.0587. The zero-order chi connectivity index (χ0) is 55.6. The molecule has 3 fully saturated rings. The van der Waals surface area contributed by atoms with Gasteiger partial charge in [-0.2, -0.15) is 0 Å². The molecule has 11 heteroatoms. The zero-order valence-electron chi connectivity index (χ0n) is 47.3. The molecule has 2 spiro atoms. The number of allylic oxidation sites excluding steroid dienone is 2. The van der Waals surface area contributed by atoms with Gasteiger partial charge in [-0.3, -0.25) is 4.79 Å². The molecule has 14 rings (SSSR count). The van der Waals surface area contributed by atoms with Crippen LogP contribution in [-0.2, 0) is 55.1 Å². The van der Waals surface area contributed by atoms with E-state index in [1.54, 1.807) is 18.6 Å². The lowest BCUT2D eigenvalue weighted by Crippen LogP contribution is -2.63. The van der Waals surface area contributed by atoms with Crippen molar-refractivity contribution >= 4 is 22.9 Å². The summed E-state index contributed by atoms with van der Waals surface area (Å²) in [7, 11) is 1.53. The number of ether oxygens (including phenoxy) is 4. The van der Waals surface area contributed by atoms with Gasteiger partial charge >= 0.3 is 17.6 Å². The second kappa shape index (κ2) is 22.4. The normalized spacial score (nSPS) is 31.6. The fourth-order valence-corrected chi connectivity index (χ4v) is 18.1. The molecule has 4 aromatic carbocycles. The highest BCUT2D eigenvalue weighted by atomic mass is 16.6. The average molecular weight is 1100 g/mol. The maximum absolute atomic E-state index is 15.8. The molecule has 6 aliphatic carbocycles. The monoisotopic (exact) mass is 1100 g/mol. The van der Waals surface area contributed by atoms with Gasteiger partial charge in [0, 0.05) is 65.7 Å². The van der Waals surface area contributed by atoms with Crippen LogP contribution in [0.4, 0.5) is 0 Å². The van der Waals surface area contributed by atoms with Crippen molar-refractivity contribution in [3.63, 3.8) is 0 Å². The Balaban J connectivity index is 0.954. The number of benzene rings is 4. The molecule has 3 saturated carbocycles. The maximum atomic E-state index is 15.8. The number of esters is 2. The summed E-state index contributed by atoms with van der Waals surface area (Å²) in [5.74, 6) is -0.0505. The van der Waals surface area contributed by atoms with Crippen molar-refractivity contribution in [3.05, 3.63) is 168 Å². The molecule has 2 bridgehead atoms. The van der Waals surface area contributed by atoms with E-state index in [0.717, 1.165) is 62.5 Å². The highest BCUT2D eigenvalue weighted by Crippen LogP contribution is 2.62. The van der Waals surface area contributed by atoms with Crippen molar-refractivity contribution in [2.75, 3.05) is 26.9 Å². The Hall–Kier alpha value is -5.85. The Morgan fingerprint density at radius 2 is 1.56 bits per heavy atom. The van der Waals surface area contributed by atoms with Crippen LogP contribution in [0.3, 0.4) is 0 Å². The molecule has 5 aromatic rings. The summed E-state index contributed by atoms with van der Waals surface area (Å²) in [5, 5.41) is 32.5. The zero-order valence-corrected chi connectivity index (χ0v) is 47.3. The van der Waals surface area contributed by atoms with Crippen LogP contribution in [0.1, 0.15) is 189 Å². The topological polar surface area (TPSA) is 162 Å². The summed E-state index contributed by atoms with van der Waals surface area (Å²) in [4.78, 5) is 45.7. The number of hydrogen-bond donors (Lipinski definition) is 3. The van der Waals surface area contributed by atoms with E-state index in [2.05, 4.69) is 78.9 Å². The van der Waals surface area contributed by atoms with Crippen LogP contribution in [0, 0.1) is 29.6 Å². The molecule has 1 aromatic heterocycles. The van der Waals surface area contributed by atoms with Crippen LogP contribution in [-0.4, -0.2) is 65.9 Å². The van der Waals surface area contributed by atoms with Gasteiger partial charge in [0.1, 0.15) is 11.3 Å². The van der Waals surface area contributed by atoms with Gasteiger partial charge in [0.2, 0.25) is 0 Å². The van der Waals surface area contributed by atoms with E-state index in [0.29, 0.717) is 65.4 Å². The lowest BCUT2D eigenvalue weighted by molar-refractivity contribution is -0.216. The molecule has 3 aliphatic heterocycles. The number of aliphatic hydroxyl groups is 3. The minimum Gasteiger partial charge on any atom is -0.482 e. The van der Waals surface area contributed by atoms with Gasteiger partial charge in [-0.25, -0.2) is 9.59 Å². The first kappa shape index (κ1) is 54.4. The van der Waals surface area contributed by atoms with Crippen molar-refractivity contribution in [2.45, 2.75) is 177 Å².